The zero-order valence-electron chi connectivity index (χ0n) is 20.2. The van der Waals surface area contributed by atoms with Crippen LogP contribution in [0.25, 0.3) is 0 Å². The summed E-state index contributed by atoms with van der Waals surface area (Å²) in [5, 5.41) is 6.07. The lowest BCUT2D eigenvalue weighted by Crippen LogP contribution is -2.49. The van der Waals surface area contributed by atoms with Gasteiger partial charge in [-0.25, -0.2) is 0 Å². The SMILES string of the molecule is Cc1ccc(NC(=O)C(=O)NC[C@H](c2ccc3c(c2)CCCN3C)N2CCN(C)CC2)cc1Cl. The highest BCUT2D eigenvalue weighted by atomic mass is 35.5. The lowest BCUT2D eigenvalue weighted by molar-refractivity contribution is -0.136. The fourth-order valence-corrected chi connectivity index (χ4v) is 4.91. The molecule has 182 valence electrons. The van der Waals surface area contributed by atoms with Gasteiger partial charge < -0.3 is 20.4 Å². The number of hydrogen-bond donors (Lipinski definition) is 2. The summed E-state index contributed by atoms with van der Waals surface area (Å²) in [7, 11) is 4.26. The second kappa shape index (κ2) is 10.8. The second-order valence-corrected chi connectivity index (χ2v) is 9.80. The number of nitrogens with zero attached hydrogens (tertiary/aromatic N) is 3. The molecule has 0 aromatic heterocycles. The van der Waals surface area contributed by atoms with Gasteiger partial charge in [-0.1, -0.05) is 29.8 Å². The second-order valence-electron chi connectivity index (χ2n) is 9.40. The Hall–Kier alpha value is -2.61. The van der Waals surface area contributed by atoms with Crippen LogP contribution in [0, 0.1) is 6.92 Å². The highest BCUT2D eigenvalue weighted by molar-refractivity contribution is 6.39. The van der Waals surface area contributed by atoms with Crippen molar-refractivity contribution in [2.45, 2.75) is 25.8 Å². The molecule has 2 aliphatic heterocycles. The first kappa shape index (κ1) is 24.5. The first-order valence-corrected chi connectivity index (χ1v) is 12.3. The number of aryl methyl sites for hydroxylation is 2. The molecule has 1 fully saturated rings. The molecule has 2 aromatic rings. The predicted molar refractivity (Wildman–Crippen MR) is 138 cm³/mol. The number of halogens is 1. The molecule has 0 radical (unpaired) electrons. The van der Waals surface area contributed by atoms with Gasteiger partial charge in [0.15, 0.2) is 0 Å². The van der Waals surface area contributed by atoms with Crippen molar-refractivity contribution in [2.75, 3.05) is 63.6 Å². The van der Waals surface area contributed by atoms with E-state index in [1.807, 2.05) is 13.0 Å². The number of fused-ring (bicyclic) bond motifs is 1. The quantitative estimate of drug-likeness (QED) is 0.640. The summed E-state index contributed by atoms with van der Waals surface area (Å²) in [6.07, 6.45) is 2.21. The van der Waals surface area contributed by atoms with Gasteiger partial charge in [0.25, 0.3) is 0 Å². The fourth-order valence-electron chi connectivity index (χ4n) is 4.73. The van der Waals surface area contributed by atoms with Crippen LogP contribution in [0.2, 0.25) is 5.02 Å². The average Bonchev–Trinajstić information content (AvgIpc) is 2.82. The summed E-state index contributed by atoms with van der Waals surface area (Å²) in [6.45, 7) is 7.13. The Balaban J connectivity index is 1.47. The molecule has 7 nitrogen and oxygen atoms in total. The zero-order chi connectivity index (χ0) is 24.2. The highest BCUT2D eigenvalue weighted by Crippen LogP contribution is 2.31. The number of nitrogens with one attached hydrogen (secondary N) is 2. The van der Waals surface area contributed by atoms with E-state index in [1.165, 1.54) is 16.8 Å². The molecule has 0 bridgehead atoms. The molecule has 2 aromatic carbocycles. The Morgan fingerprint density at radius 2 is 1.76 bits per heavy atom. The molecule has 2 heterocycles. The number of carbonyl (C=O) groups excluding carboxylic acids is 2. The predicted octanol–water partition coefficient (Wildman–Crippen LogP) is 3.07. The van der Waals surface area contributed by atoms with E-state index >= 15 is 0 Å². The van der Waals surface area contributed by atoms with E-state index in [-0.39, 0.29) is 6.04 Å². The normalized spacial score (nSPS) is 17.7. The van der Waals surface area contributed by atoms with Crippen molar-refractivity contribution in [1.29, 1.82) is 0 Å². The van der Waals surface area contributed by atoms with E-state index < -0.39 is 11.8 Å². The number of benzene rings is 2. The number of likely N-dealkylation sites (N-methyl/N-ethyl adjacent to an activating group) is 1. The van der Waals surface area contributed by atoms with Crippen molar-refractivity contribution in [3.8, 4) is 0 Å². The van der Waals surface area contributed by atoms with E-state index in [9.17, 15) is 9.59 Å². The largest absolute Gasteiger partial charge is 0.374 e. The zero-order valence-corrected chi connectivity index (χ0v) is 21.0. The Labute approximate surface area is 207 Å². The molecule has 1 atom stereocenters. The van der Waals surface area contributed by atoms with Gasteiger partial charge in [0.2, 0.25) is 0 Å². The van der Waals surface area contributed by atoms with Crippen LogP contribution in [-0.2, 0) is 16.0 Å². The highest BCUT2D eigenvalue weighted by Gasteiger charge is 2.27. The Morgan fingerprint density at radius 1 is 1.00 bits per heavy atom. The van der Waals surface area contributed by atoms with E-state index in [1.54, 1.807) is 12.1 Å². The van der Waals surface area contributed by atoms with Gasteiger partial charge in [-0.3, -0.25) is 14.5 Å². The Kier molecular flexibility index (Phi) is 7.76. The molecule has 0 saturated carbocycles. The number of amides is 2. The maximum absolute atomic E-state index is 12.7. The number of carbonyl (C=O) groups is 2. The standard InChI is InChI=1S/C26H34ClN5O2/c1-18-6-8-21(16-22(18)27)29-26(34)25(33)28-17-24(32-13-11-30(2)12-14-32)20-7-9-23-19(15-20)5-4-10-31(23)3/h6-9,15-16,24H,4-5,10-14,17H2,1-3H3,(H,28,33)(H,29,34)/t24-/m1/s1. The molecule has 2 aliphatic rings. The lowest BCUT2D eigenvalue weighted by Gasteiger charge is -2.39. The van der Waals surface area contributed by atoms with Gasteiger partial charge in [0, 0.05) is 62.7 Å². The van der Waals surface area contributed by atoms with Crippen LogP contribution in [0.15, 0.2) is 36.4 Å². The summed E-state index contributed by atoms with van der Waals surface area (Å²) >= 11 is 6.14. The fraction of sp³-hybridized carbons (Fsp3) is 0.462. The summed E-state index contributed by atoms with van der Waals surface area (Å²) in [4.78, 5) is 32.2. The van der Waals surface area contributed by atoms with E-state index in [4.69, 9.17) is 11.6 Å². The first-order chi connectivity index (χ1) is 16.3. The molecule has 34 heavy (non-hydrogen) atoms. The van der Waals surface area contributed by atoms with Gasteiger partial charge in [-0.05, 0) is 61.7 Å². The molecule has 2 N–H and O–H groups in total. The van der Waals surface area contributed by atoms with Gasteiger partial charge in [-0.2, -0.15) is 0 Å². The minimum absolute atomic E-state index is 0.0109. The summed E-state index contributed by atoms with van der Waals surface area (Å²) in [5.41, 5.74) is 5.24. The van der Waals surface area contributed by atoms with Gasteiger partial charge >= 0.3 is 11.8 Å². The monoisotopic (exact) mass is 483 g/mol. The Morgan fingerprint density at radius 3 is 2.50 bits per heavy atom. The summed E-state index contributed by atoms with van der Waals surface area (Å²) in [6, 6.07) is 11.9. The third-order valence-electron chi connectivity index (χ3n) is 6.91. The molecule has 0 aliphatic carbocycles. The topological polar surface area (TPSA) is 67.9 Å². The molecule has 0 spiro atoms. The summed E-state index contributed by atoms with van der Waals surface area (Å²) < 4.78 is 0. The lowest BCUT2D eigenvalue weighted by atomic mass is 9.95. The Bertz CT molecular complexity index is 1050. The van der Waals surface area contributed by atoms with Crippen molar-refractivity contribution >= 4 is 34.8 Å². The minimum atomic E-state index is -0.691. The van der Waals surface area contributed by atoms with Crippen LogP contribution in [0.4, 0.5) is 11.4 Å². The minimum Gasteiger partial charge on any atom is -0.374 e. The molecular formula is C26H34ClN5O2. The summed E-state index contributed by atoms with van der Waals surface area (Å²) in [5.74, 6) is -1.34. The first-order valence-electron chi connectivity index (χ1n) is 11.9. The van der Waals surface area contributed by atoms with Crippen molar-refractivity contribution in [3.05, 3.63) is 58.1 Å². The van der Waals surface area contributed by atoms with Gasteiger partial charge in [0.05, 0.1) is 6.04 Å². The maximum Gasteiger partial charge on any atom is 0.313 e. The molecule has 1 saturated heterocycles. The van der Waals surface area contributed by atoms with Crippen LogP contribution >= 0.6 is 11.6 Å². The van der Waals surface area contributed by atoms with Crippen molar-refractivity contribution in [2.24, 2.45) is 0 Å². The maximum atomic E-state index is 12.7. The number of anilines is 2. The smallest absolute Gasteiger partial charge is 0.313 e. The molecule has 0 unspecified atom stereocenters. The van der Waals surface area contributed by atoms with E-state index in [0.29, 0.717) is 17.3 Å². The average molecular weight is 484 g/mol. The third-order valence-corrected chi connectivity index (χ3v) is 7.32. The van der Waals surface area contributed by atoms with Crippen molar-refractivity contribution in [1.82, 2.24) is 15.1 Å². The van der Waals surface area contributed by atoms with Crippen LogP contribution < -0.4 is 15.5 Å². The molecular weight excluding hydrogens is 450 g/mol. The molecule has 8 heteroatoms. The van der Waals surface area contributed by atoms with Crippen molar-refractivity contribution in [3.63, 3.8) is 0 Å². The van der Waals surface area contributed by atoms with Crippen LogP contribution in [0.3, 0.4) is 0 Å². The number of rotatable bonds is 5. The van der Waals surface area contributed by atoms with Crippen LogP contribution in [0.1, 0.15) is 29.2 Å². The molecule has 4 rings (SSSR count). The van der Waals surface area contributed by atoms with E-state index in [2.05, 4.69) is 57.6 Å². The molecule has 2 amide bonds. The number of piperazine rings is 1. The third kappa shape index (κ3) is 5.71. The van der Waals surface area contributed by atoms with Crippen LogP contribution in [-0.4, -0.2) is 75.0 Å². The van der Waals surface area contributed by atoms with Crippen LogP contribution in [0.5, 0.6) is 0 Å². The number of hydrogen-bond acceptors (Lipinski definition) is 5. The van der Waals surface area contributed by atoms with Gasteiger partial charge in [-0.15, -0.1) is 0 Å². The van der Waals surface area contributed by atoms with Crippen molar-refractivity contribution < 1.29 is 9.59 Å². The van der Waals surface area contributed by atoms with E-state index in [0.717, 1.165) is 51.1 Å². The van der Waals surface area contributed by atoms with Gasteiger partial charge in [0.1, 0.15) is 0 Å².